The largest absolute Gasteiger partial charge is 0.325 e. The zero-order valence-corrected chi connectivity index (χ0v) is 11.0. The molecule has 1 fully saturated rings. The van der Waals surface area contributed by atoms with E-state index >= 15 is 0 Å². The van der Waals surface area contributed by atoms with E-state index in [9.17, 15) is 14.9 Å². The number of non-ortho nitro benzene ring substituents is 1. The number of nitro groups is 1. The van der Waals surface area contributed by atoms with Crippen LogP contribution in [-0.2, 0) is 4.79 Å². The smallest absolute Gasteiger partial charge is 0.271 e. The van der Waals surface area contributed by atoms with E-state index in [1.807, 2.05) is 13.8 Å². The van der Waals surface area contributed by atoms with Crippen LogP contribution in [0.1, 0.15) is 12.5 Å². The van der Waals surface area contributed by atoms with Gasteiger partial charge in [-0.2, -0.15) is 0 Å². The summed E-state index contributed by atoms with van der Waals surface area (Å²) in [5, 5.41) is 16.7. The van der Waals surface area contributed by atoms with Gasteiger partial charge in [0, 0.05) is 18.7 Å². The summed E-state index contributed by atoms with van der Waals surface area (Å²) in [7, 11) is 0. The molecule has 2 unspecified atom stereocenters. The topological polar surface area (TPSA) is 84.3 Å². The van der Waals surface area contributed by atoms with Crippen LogP contribution in [0.4, 0.5) is 11.4 Å². The maximum Gasteiger partial charge on any atom is 0.271 e. The Bertz CT molecular complexity index is 516. The van der Waals surface area contributed by atoms with Crippen molar-refractivity contribution in [3.05, 3.63) is 33.9 Å². The van der Waals surface area contributed by atoms with Crippen molar-refractivity contribution in [1.82, 2.24) is 5.32 Å². The summed E-state index contributed by atoms with van der Waals surface area (Å²) in [6, 6.07) is 4.48. The first kappa shape index (κ1) is 13.5. The van der Waals surface area contributed by atoms with E-state index < -0.39 is 4.92 Å². The van der Waals surface area contributed by atoms with E-state index in [2.05, 4.69) is 10.6 Å². The second-order valence-corrected chi connectivity index (χ2v) is 4.99. The second-order valence-electron chi connectivity index (χ2n) is 4.99. The third-order valence-corrected chi connectivity index (χ3v) is 3.54. The second kappa shape index (κ2) is 5.36. The lowest BCUT2D eigenvalue weighted by atomic mass is 9.97. The van der Waals surface area contributed by atoms with E-state index in [1.165, 1.54) is 12.1 Å². The fourth-order valence-corrected chi connectivity index (χ4v) is 2.24. The van der Waals surface area contributed by atoms with Gasteiger partial charge in [-0.3, -0.25) is 14.9 Å². The number of benzene rings is 1. The van der Waals surface area contributed by atoms with Gasteiger partial charge < -0.3 is 10.6 Å². The Balaban J connectivity index is 2.16. The molecular weight excluding hydrogens is 246 g/mol. The molecule has 1 amide bonds. The highest BCUT2D eigenvalue weighted by Crippen LogP contribution is 2.24. The summed E-state index contributed by atoms with van der Waals surface area (Å²) < 4.78 is 0. The molecule has 1 heterocycles. The van der Waals surface area contributed by atoms with Gasteiger partial charge in [-0.15, -0.1) is 0 Å². The van der Waals surface area contributed by atoms with Gasteiger partial charge in [0.25, 0.3) is 5.69 Å². The Morgan fingerprint density at radius 2 is 2.21 bits per heavy atom. The zero-order valence-electron chi connectivity index (χ0n) is 11.0. The summed E-state index contributed by atoms with van der Waals surface area (Å²) in [5.74, 6) is 0.110. The number of rotatable bonds is 3. The molecule has 1 aliphatic heterocycles. The zero-order chi connectivity index (χ0) is 14.0. The van der Waals surface area contributed by atoms with Crippen LogP contribution in [-0.4, -0.2) is 23.9 Å². The molecule has 0 aromatic heterocycles. The van der Waals surface area contributed by atoms with Crippen LogP contribution >= 0.6 is 0 Å². The van der Waals surface area contributed by atoms with Gasteiger partial charge in [0.05, 0.1) is 16.5 Å². The maximum absolute atomic E-state index is 12.1. The van der Waals surface area contributed by atoms with Crippen molar-refractivity contribution in [3.8, 4) is 0 Å². The molecule has 1 aromatic rings. The lowest BCUT2D eigenvalue weighted by molar-refractivity contribution is -0.384. The molecule has 19 heavy (non-hydrogen) atoms. The standard InChI is InChI=1S/C13H17N3O3/c1-8-3-4-10(16(18)19)5-12(8)15-13(17)11-7-14-6-9(11)2/h3-5,9,11,14H,6-7H2,1-2H3,(H,15,17). The first-order valence-electron chi connectivity index (χ1n) is 6.25. The lowest BCUT2D eigenvalue weighted by Gasteiger charge is -2.15. The van der Waals surface area contributed by atoms with Crippen LogP contribution in [0.15, 0.2) is 18.2 Å². The minimum Gasteiger partial charge on any atom is -0.325 e. The number of amides is 1. The number of nitrogens with zero attached hydrogens (tertiary/aromatic N) is 1. The van der Waals surface area contributed by atoms with Crippen molar-refractivity contribution in [2.45, 2.75) is 13.8 Å². The van der Waals surface area contributed by atoms with Crippen LogP contribution < -0.4 is 10.6 Å². The summed E-state index contributed by atoms with van der Waals surface area (Å²) in [6.07, 6.45) is 0. The van der Waals surface area contributed by atoms with Crippen LogP contribution in [0.3, 0.4) is 0 Å². The lowest BCUT2D eigenvalue weighted by Crippen LogP contribution is -2.28. The Morgan fingerprint density at radius 3 is 2.79 bits per heavy atom. The van der Waals surface area contributed by atoms with Crippen LogP contribution in [0.2, 0.25) is 0 Å². The highest BCUT2D eigenvalue weighted by molar-refractivity contribution is 5.94. The highest BCUT2D eigenvalue weighted by Gasteiger charge is 2.29. The van der Waals surface area contributed by atoms with Crippen LogP contribution in [0, 0.1) is 28.9 Å². The van der Waals surface area contributed by atoms with Gasteiger partial charge in [0.15, 0.2) is 0 Å². The number of nitrogens with one attached hydrogen (secondary N) is 2. The van der Waals surface area contributed by atoms with Gasteiger partial charge in [0.2, 0.25) is 5.91 Å². The van der Waals surface area contributed by atoms with Crippen molar-refractivity contribution < 1.29 is 9.72 Å². The molecule has 2 N–H and O–H groups in total. The molecule has 102 valence electrons. The van der Waals surface area contributed by atoms with E-state index in [-0.39, 0.29) is 23.4 Å². The predicted molar refractivity (Wildman–Crippen MR) is 72.0 cm³/mol. The van der Waals surface area contributed by atoms with E-state index in [4.69, 9.17) is 0 Å². The number of anilines is 1. The normalized spacial score (nSPS) is 22.2. The Labute approximate surface area is 111 Å². The summed E-state index contributed by atoms with van der Waals surface area (Å²) >= 11 is 0. The van der Waals surface area contributed by atoms with Crippen molar-refractivity contribution in [1.29, 1.82) is 0 Å². The molecule has 0 bridgehead atoms. The first-order valence-corrected chi connectivity index (χ1v) is 6.25. The predicted octanol–water partition coefficient (Wildman–Crippen LogP) is 1.70. The van der Waals surface area contributed by atoms with Crippen molar-refractivity contribution >= 4 is 17.3 Å². The number of nitro benzene ring substituents is 1. The minimum absolute atomic E-state index is 0.0153. The molecule has 6 heteroatoms. The number of aryl methyl sites for hydroxylation is 1. The van der Waals surface area contributed by atoms with Gasteiger partial charge in [0.1, 0.15) is 0 Å². The average Bonchev–Trinajstić information content (AvgIpc) is 2.78. The summed E-state index contributed by atoms with van der Waals surface area (Å²) in [4.78, 5) is 22.4. The monoisotopic (exact) mass is 263 g/mol. The van der Waals surface area contributed by atoms with E-state index in [0.29, 0.717) is 12.2 Å². The number of hydrogen-bond acceptors (Lipinski definition) is 4. The fraction of sp³-hybridized carbons (Fsp3) is 0.462. The maximum atomic E-state index is 12.1. The van der Waals surface area contributed by atoms with E-state index in [1.54, 1.807) is 6.07 Å². The molecule has 6 nitrogen and oxygen atoms in total. The van der Waals surface area contributed by atoms with E-state index in [0.717, 1.165) is 12.1 Å². The quantitative estimate of drug-likeness (QED) is 0.642. The molecule has 0 radical (unpaired) electrons. The first-order chi connectivity index (χ1) is 8.99. The van der Waals surface area contributed by atoms with Gasteiger partial charge in [-0.1, -0.05) is 13.0 Å². The average molecular weight is 263 g/mol. The third-order valence-electron chi connectivity index (χ3n) is 3.54. The molecule has 1 aliphatic rings. The van der Waals surface area contributed by atoms with Crippen molar-refractivity contribution in [3.63, 3.8) is 0 Å². The van der Waals surface area contributed by atoms with Crippen LogP contribution in [0.5, 0.6) is 0 Å². The SMILES string of the molecule is Cc1ccc([N+](=O)[O-])cc1NC(=O)C1CNCC1C. The van der Waals surface area contributed by atoms with Gasteiger partial charge in [-0.25, -0.2) is 0 Å². The number of carbonyl (C=O) groups excluding carboxylic acids is 1. The Morgan fingerprint density at radius 1 is 1.47 bits per heavy atom. The van der Waals surface area contributed by atoms with Gasteiger partial charge >= 0.3 is 0 Å². The molecule has 1 saturated heterocycles. The highest BCUT2D eigenvalue weighted by atomic mass is 16.6. The summed E-state index contributed by atoms with van der Waals surface area (Å²) in [5.41, 5.74) is 1.31. The Hall–Kier alpha value is -1.95. The molecule has 2 rings (SSSR count). The van der Waals surface area contributed by atoms with Crippen molar-refractivity contribution in [2.75, 3.05) is 18.4 Å². The van der Waals surface area contributed by atoms with Gasteiger partial charge in [-0.05, 0) is 24.9 Å². The van der Waals surface area contributed by atoms with Crippen molar-refractivity contribution in [2.24, 2.45) is 11.8 Å². The molecule has 0 spiro atoms. The molecular formula is C13H17N3O3. The molecule has 1 aromatic carbocycles. The Kier molecular flexibility index (Phi) is 3.80. The van der Waals surface area contributed by atoms with Crippen LogP contribution in [0.25, 0.3) is 0 Å². The third kappa shape index (κ3) is 2.90. The molecule has 0 saturated carbocycles. The fourth-order valence-electron chi connectivity index (χ4n) is 2.24. The molecule has 0 aliphatic carbocycles. The summed E-state index contributed by atoms with van der Waals surface area (Å²) in [6.45, 7) is 5.31. The number of hydrogen-bond donors (Lipinski definition) is 2. The minimum atomic E-state index is -0.463. The number of carbonyl (C=O) groups is 1. The molecule has 2 atom stereocenters.